The van der Waals surface area contributed by atoms with Gasteiger partial charge in [0.2, 0.25) is 5.91 Å². The molecule has 5 heteroatoms. The quantitative estimate of drug-likeness (QED) is 0.680. The van der Waals surface area contributed by atoms with E-state index in [1.54, 1.807) is 18.2 Å². The van der Waals surface area contributed by atoms with Gasteiger partial charge in [0.15, 0.2) is 0 Å². The summed E-state index contributed by atoms with van der Waals surface area (Å²) >= 11 is 0. The molecule has 0 aliphatic heterocycles. The third-order valence-corrected chi connectivity index (χ3v) is 4.47. The van der Waals surface area contributed by atoms with Crippen LogP contribution in [0, 0.1) is 0 Å². The van der Waals surface area contributed by atoms with E-state index in [0.717, 1.165) is 30.3 Å². The van der Waals surface area contributed by atoms with E-state index in [1.165, 1.54) is 5.56 Å². The van der Waals surface area contributed by atoms with Gasteiger partial charge in [0.05, 0.1) is 17.0 Å². The van der Waals surface area contributed by atoms with Crippen molar-refractivity contribution < 1.29 is 4.79 Å². The van der Waals surface area contributed by atoms with Crippen LogP contribution in [0.25, 0.3) is 11.0 Å². The van der Waals surface area contributed by atoms with Gasteiger partial charge in [-0.1, -0.05) is 24.3 Å². The number of rotatable bonds is 2. The molecule has 0 saturated heterocycles. The standard InChI is InChI=1S/C18H17N3O2/c22-17(14-7-3-5-11-4-1-2-6-13(11)14)19-12-8-9-15-16(10-12)21-18(23)20-15/h1-2,4,6,8-10,14H,3,5,7H2,(H,19,22)(H2,20,21,23). The molecule has 0 spiro atoms. The fourth-order valence-electron chi connectivity index (χ4n) is 3.37. The molecule has 0 bridgehead atoms. The van der Waals surface area contributed by atoms with Crippen molar-refractivity contribution in [3.8, 4) is 0 Å². The molecule has 1 atom stereocenters. The lowest BCUT2D eigenvalue weighted by Gasteiger charge is -2.24. The number of nitrogens with one attached hydrogen (secondary N) is 3. The molecular weight excluding hydrogens is 290 g/mol. The molecule has 23 heavy (non-hydrogen) atoms. The highest BCUT2D eigenvalue weighted by molar-refractivity contribution is 5.97. The minimum absolute atomic E-state index is 0.00869. The highest BCUT2D eigenvalue weighted by Crippen LogP contribution is 2.32. The van der Waals surface area contributed by atoms with Crippen molar-refractivity contribution in [2.24, 2.45) is 0 Å². The van der Waals surface area contributed by atoms with E-state index in [4.69, 9.17) is 0 Å². The number of amides is 1. The zero-order chi connectivity index (χ0) is 15.8. The highest BCUT2D eigenvalue weighted by Gasteiger charge is 2.26. The van der Waals surface area contributed by atoms with Crippen LogP contribution in [0.4, 0.5) is 5.69 Å². The van der Waals surface area contributed by atoms with Gasteiger partial charge in [0.25, 0.3) is 0 Å². The smallest absolute Gasteiger partial charge is 0.323 e. The molecule has 1 heterocycles. The molecule has 1 unspecified atom stereocenters. The van der Waals surface area contributed by atoms with Gasteiger partial charge in [-0.05, 0) is 48.6 Å². The number of aromatic amines is 2. The van der Waals surface area contributed by atoms with Gasteiger partial charge < -0.3 is 15.3 Å². The van der Waals surface area contributed by atoms with E-state index >= 15 is 0 Å². The number of aromatic nitrogens is 2. The van der Waals surface area contributed by atoms with E-state index < -0.39 is 0 Å². The summed E-state index contributed by atoms with van der Waals surface area (Å²) in [5.41, 5.74) is 4.27. The minimum atomic E-state index is -0.246. The van der Waals surface area contributed by atoms with Gasteiger partial charge >= 0.3 is 5.69 Å². The first-order valence-electron chi connectivity index (χ1n) is 7.81. The van der Waals surface area contributed by atoms with E-state index in [9.17, 15) is 9.59 Å². The van der Waals surface area contributed by atoms with Crippen molar-refractivity contribution in [3.63, 3.8) is 0 Å². The molecule has 116 valence electrons. The largest absolute Gasteiger partial charge is 0.325 e. The number of carbonyl (C=O) groups is 1. The Labute approximate surface area is 132 Å². The number of hydrogen-bond acceptors (Lipinski definition) is 2. The number of hydrogen-bond donors (Lipinski definition) is 3. The maximum atomic E-state index is 12.7. The number of carbonyl (C=O) groups excluding carboxylic acids is 1. The Balaban J connectivity index is 1.61. The van der Waals surface area contributed by atoms with Gasteiger partial charge in [-0.15, -0.1) is 0 Å². The second kappa shape index (κ2) is 5.43. The van der Waals surface area contributed by atoms with Crippen LogP contribution in [0.5, 0.6) is 0 Å². The van der Waals surface area contributed by atoms with Crippen molar-refractivity contribution >= 4 is 22.6 Å². The first-order chi connectivity index (χ1) is 11.2. The van der Waals surface area contributed by atoms with Gasteiger partial charge in [-0.25, -0.2) is 4.79 Å². The lowest BCUT2D eigenvalue weighted by atomic mass is 9.82. The molecule has 1 aromatic heterocycles. The number of H-pyrrole nitrogens is 2. The van der Waals surface area contributed by atoms with Crippen molar-refractivity contribution in [1.29, 1.82) is 0 Å². The molecule has 4 rings (SSSR count). The van der Waals surface area contributed by atoms with Gasteiger partial charge in [-0.3, -0.25) is 4.79 Å². The van der Waals surface area contributed by atoms with Crippen LogP contribution in [-0.4, -0.2) is 15.9 Å². The second-order valence-electron chi connectivity index (χ2n) is 5.97. The molecule has 0 fully saturated rings. The summed E-state index contributed by atoms with van der Waals surface area (Å²) in [4.78, 5) is 29.4. The van der Waals surface area contributed by atoms with Gasteiger partial charge in [0.1, 0.15) is 0 Å². The molecule has 1 aliphatic carbocycles. The Morgan fingerprint density at radius 1 is 1.09 bits per heavy atom. The predicted octanol–water partition coefficient (Wildman–Crippen LogP) is 2.91. The van der Waals surface area contributed by atoms with Crippen molar-refractivity contribution in [2.75, 3.05) is 5.32 Å². The van der Waals surface area contributed by atoms with Crippen LogP contribution in [0.15, 0.2) is 47.3 Å². The fraction of sp³-hybridized carbons (Fsp3) is 0.222. The summed E-state index contributed by atoms with van der Waals surface area (Å²) < 4.78 is 0. The molecule has 0 radical (unpaired) electrons. The van der Waals surface area contributed by atoms with Crippen LogP contribution >= 0.6 is 0 Å². The number of anilines is 1. The summed E-state index contributed by atoms with van der Waals surface area (Å²) in [5, 5.41) is 2.98. The summed E-state index contributed by atoms with van der Waals surface area (Å²) in [6.07, 6.45) is 2.93. The number of fused-ring (bicyclic) bond motifs is 2. The minimum Gasteiger partial charge on any atom is -0.325 e. The van der Waals surface area contributed by atoms with Crippen LogP contribution < -0.4 is 11.0 Å². The Kier molecular flexibility index (Phi) is 3.26. The number of imidazole rings is 1. The van der Waals surface area contributed by atoms with Crippen molar-refractivity contribution in [2.45, 2.75) is 25.2 Å². The molecule has 3 N–H and O–H groups in total. The zero-order valence-corrected chi connectivity index (χ0v) is 12.6. The number of benzene rings is 2. The molecule has 1 aliphatic rings. The zero-order valence-electron chi connectivity index (χ0n) is 12.6. The van der Waals surface area contributed by atoms with Gasteiger partial charge in [0, 0.05) is 5.69 Å². The van der Waals surface area contributed by atoms with E-state index in [2.05, 4.69) is 21.4 Å². The predicted molar refractivity (Wildman–Crippen MR) is 89.7 cm³/mol. The molecule has 1 amide bonds. The van der Waals surface area contributed by atoms with Crippen LogP contribution in [0.3, 0.4) is 0 Å². The normalized spacial score (nSPS) is 17.0. The SMILES string of the molecule is O=C(Nc1ccc2[nH]c(=O)[nH]c2c1)C1CCCc2ccccc21. The molecule has 5 nitrogen and oxygen atoms in total. The second-order valence-corrected chi connectivity index (χ2v) is 5.97. The Hall–Kier alpha value is -2.82. The average Bonchev–Trinajstić information content (AvgIpc) is 2.93. The Bertz CT molecular complexity index is 939. The lowest BCUT2D eigenvalue weighted by molar-refractivity contribution is -0.117. The van der Waals surface area contributed by atoms with Crippen LogP contribution in [0.1, 0.15) is 29.9 Å². The van der Waals surface area contributed by atoms with E-state index in [0.29, 0.717) is 11.2 Å². The molecule has 3 aromatic rings. The molecular formula is C18H17N3O2. The third kappa shape index (κ3) is 2.54. The summed E-state index contributed by atoms with van der Waals surface area (Å²) in [5.74, 6) is -0.102. The average molecular weight is 307 g/mol. The Morgan fingerprint density at radius 2 is 1.91 bits per heavy atom. The first kappa shape index (κ1) is 13.8. The highest BCUT2D eigenvalue weighted by atomic mass is 16.2. The maximum Gasteiger partial charge on any atom is 0.323 e. The fourth-order valence-corrected chi connectivity index (χ4v) is 3.37. The maximum absolute atomic E-state index is 12.7. The first-order valence-corrected chi connectivity index (χ1v) is 7.81. The Morgan fingerprint density at radius 3 is 2.83 bits per heavy atom. The van der Waals surface area contributed by atoms with Crippen LogP contribution in [-0.2, 0) is 11.2 Å². The topological polar surface area (TPSA) is 77.8 Å². The monoisotopic (exact) mass is 307 g/mol. The third-order valence-electron chi connectivity index (χ3n) is 4.47. The van der Waals surface area contributed by atoms with Crippen LogP contribution in [0.2, 0.25) is 0 Å². The lowest BCUT2D eigenvalue weighted by Crippen LogP contribution is -2.24. The summed E-state index contributed by atoms with van der Waals surface area (Å²) in [6, 6.07) is 13.5. The van der Waals surface area contributed by atoms with Crippen molar-refractivity contribution in [3.05, 3.63) is 64.1 Å². The molecule has 2 aromatic carbocycles. The van der Waals surface area contributed by atoms with E-state index in [-0.39, 0.29) is 17.5 Å². The van der Waals surface area contributed by atoms with E-state index in [1.807, 2.05) is 18.2 Å². The summed E-state index contributed by atoms with van der Waals surface area (Å²) in [7, 11) is 0. The number of aryl methyl sites for hydroxylation is 1. The van der Waals surface area contributed by atoms with Crippen molar-refractivity contribution in [1.82, 2.24) is 9.97 Å². The van der Waals surface area contributed by atoms with Gasteiger partial charge in [-0.2, -0.15) is 0 Å². The molecule has 0 saturated carbocycles. The summed E-state index contributed by atoms with van der Waals surface area (Å²) in [6.45, 7) is 0.